The van der Waals surface area contributed by atoms with Crippen molar-refractivity contribution in [2.24, 2.45) is 17.8 Å². The summed E-state index contributed by atoms with van der Waals surface area (Å²) < 4.78 is 64.1. The van der Waals surface area contributed by atoms with Crippen LogP contribution in [0.25, 0.3) is 0 Å². The lowest BCUT2D eigenvalue weighted by Crippen LogP contribution is -2.55. The number of halogens is 2. The molecule has 202 valence electrons. The number of aliphatic hydroxyl groups is 1. The number of nitrogens with one attached hydrogen (secondary N) is 3. The fraction of sp³-hybridized carbons (Fsp3) is 0.857. The Morgan fingerprint density at radius 2 is 1.83 bits per heavy atom. The highest BCUT2D eigenvalue weighted by Gasteiger charge is 2.38. The highest BCUT2D eigenvalue weighted by molar-refractivity contribution is 7.86. The molecule has 2 aliphatic rings. The summed E-state index contributed by atoms with van der Waals surface area (Å²) in [6.07, 6.45) is -0.838. The summed E-state index contributed by atoms with van der Waals surface area (Å²) in [5, 5.41) is 17.4. The molecule has 1 unspecified atom stereocenters. The van der Waals surface area contributed by atoms with Gasteiger partial charge in [-0.25, -0.2) is 13.6 Å². The number of hydrogen-bond donors (Lipinski definition) is 5. The second-order valence-corrected chi connectivity index (χ2v) is 11.3. The molecule has 35 heavy (non-hydrogen) atoms. The zero-order valence-electron chi connectivity index (χ0n) is 19.8. The Labute approximate surface area is 203 Å². The van der Waals surface area contributed by atoms with E-state index in [1.807, 2.05) is 0 Å². The minimum absolute atomic E-state index is 0.0845. The summed E-state index contributed by atoms with van der Waals surface area (Å²) in [6, 6.07) is -2.69. The first-order chi connectivity index (χ1) is 16.2. The molecular formula is C21H35F2N3O8S. The molecule has 14 heteroatoms. The quantitative estimate of drug-likeness (QED) is 0.249. The summed E-state index contributed by atoms with van der Waals surface area (Å²) in [4.78, 5) is 37.1. The van der Waals surface area contributed by atoms with E-state index in [-0.39, 0.29) is 62.9 Å². The van der Waals surface area contributed by atoms with Gasteiger partial charge in [-0.3, -0.25) is 14.1 Å². The maximum Gasteiger partial charge on any atom is 0.407 e. The Bertz CT molecular complexity index is 861. The highest BCUT2D eigenvalue weighted by Crippen LogP contribution is 2.36. The number of alkyl carbamates (subject to hydrolysis) is 1. The molecule has 1 saturated heterocycles. The van der Waals surface area contributed by atoms with E-state index in [4.69, 9.17) is 4.74 Å². The molecule has 2 rings (SSSR count). The molecule has 3 amide bonds. The lowest BCUT2D eigenvalue weighted by molar-refractivity contribution is -0.126. The molecule has 1 heterocycles. The number of hydrogen-bond acceptors (Lipinski definition) is 7. The number of carbonyl (C=O) groups is 3. The molecule has 0 radical (unpaired) electrons. The van der Waals surface area contributed by atoms with E-state index in [0.717, 1.165) is 0 Å². The molecule has 11 nitrogen and oxygen atoms in total. The van der Waals surface area contributed by atoms with Gasteiger partial charge in [-0.2, -0.15) is 8.42 Å². The Morgan fingerprint density at radius 1 is 1.20 bits per heavy atom. The smallest absolute Gasteiger partial charge is 0.407 e. The minimum Gasteiger partial charge on any atom is -0.449 e. The average Bonchev–Trinajstić information content (AvgIpc) is 3.14. The summed E-state index contributed by atoms with van der Waals surface area (Å²) >= 11 is 0. The molecule has 0 aromatic carbocycles. The van der Waals surface area contributed by atoms with Crippen LogP contribution < -0.4 is 16.0 Å². The third-order valence-corrected chi connectivity index (χ3v) is 7.22. The van der Waals surface area contributed by atoms with Gasteiger partial charge < -0.3 is 25.8 Å². The van der Waals surface area contributed by atoms with Crippen LogP contribution in [-0.2, 0) is 24.4 Å². The van der Waals surface area contributed by atoms with Crippen LogP contribution in [0.5, 0.6) is 0 Å². The summed E-state index contributed by atoms with van der Waals surface area (Å²) in [5.41, 5.74) is -2.38. The van der Waals surface area contributed by atoms with Crippen molar-refractivity contribution in [3.63, 3.8) is 0 Å². The van der Waals surface area contributed by atoms with Crippen LogP contribution in [0.2, 0.25) is 0 Å². The number of rotatable bonds is 11. The number of ether oxygens (including phenoxy) is 1. The molecule has 2 fully saturated rings. The molecule has 5 N–H and O–H groups in total. The van der Waals surface area contributed by atoms with Crippen molar-refractivity contribution in [2.75, 3.05) is 13.2 Å². The summed E-state index contributed by atoms with van der Waals surface area (Å²) in [5.74, 6) is -4.89. The lowest BCUT2D eigenvalue weighted by atomic mass is 9.87. The van der Waals surface area contributed by atoms with Gasteiger partial charge in [0.25, 0.3) is 10.1 Å². The van der Waals surface area contributed by atoms with Crippen LogP contribution in [-0.4, -0.2) is 72.6 Å². The van der Waals surface area contributed by atoms with Crippen LogP contribution in [0.1, 0.15) is 58.8 Å². The second kappa shape index (κ2) is 12.3. The largest absolute Gasteiger partial charge is 0.449 e. The summed E-state index contributed by atoms with van der Waals surface area (Å²) in [7, 11) is -4.96. The standard InChI is InChI=1S/C21H35F2N3O8S/c1-12(2)9-15(26-20(30)34-11-13-3-6-21(22,23)7-4-13)18(28)25-16(19(29)35(31,32)33)10-14-5-8-24-17(14)27/h12-16,19,29H,3-11H2,1-2H3,(H,24,27)(H,25,28)(H,26,30)(H,31,32,33)/t14-,15-,16-,19?/m0/s1. The molecule has 1 aliphatic heterocycles. The zero-order valence-corrected chi connectivity index (χ0v) is 20.7. The normalized spacial score (nSPS) is 23.3. The van der Waals surface area contributed by atoms with Gasteiger partial charge in [0, 0.05) is 25.3 Å². The molecule has 0 aromatic rings. The van der Waals surface area contributed by atoms with Gasteiger partial charge in [-0.15, -0.1) is 0 Å². The first-order valence-corrected chi connectivity index (χ1v) is 13.2. The van der Waals surface area contributed by atoms with Crippen LogP contribution in [0.3, 0.4) is 0 Å². The van der Waals surface area contributed by atoms with Crippen LogP contribution in [0, 0.1) is 17.8 Å². The average molecular weight is 528 g/mol. The van der Waals surface area contributed by atoms with Crippen molar-refractivity contribution >= 4 is 28.0 Å². The molecule has 0 bridgehead atoms. The van der Waals surface area contributed by atoms with Crippen LogP contribution >= 0.6 is 0 Å². The minimum atomic E-state index is -4.96. The number of alkyl halides is 2. The third kappa shape index (κ3) is 9.49. The van der Waals surface area contributed by atoms with Gasteiger partial charge in [0.15, 0.2) is 0 Å². The van der Waals surface area contributed by atoms with Gasteiger partial charge in [0.05, 0.1) is 12.6 Å². The van der Waals surface area contributed by atoms with Gasteiger partial charge in [0.2, 0.25) is 23.2 Å². The topological polar surface area (TPSA) is 171 Å². The van der Waals surface area contributed by atoms with E-state index in [1.165, 1.54) is 0 Å². The van der Waals surface area contributed by atoms with E-state index in [9.17, 15) is 41.2 Å². The van der Waals surface area contributed by atoms with Gasteiger partial charge in [-0.1, -0.05) is 13.8 Å². The second-order valence-electron chi connectivity index (χ2n) is 9.76. The fourth-order valence-electron chi connectivity index (χ4n) is 4.26. The van der Waals surface area contributed by atoms with Gasteiger partial charge in [0.1, 0.15) is 6.04 Å². The van der Waals surface area contributed by atoms with Crippen molar-refractivity contribution in [3.8, 4) is 0 Å². The predicted octanol–water partition coefficient (Wildman–Crippen LogP) is 1.17. The first kappa shape index (κ1) is 29.2. The Kier molecular flexibility index (Phi) is 10.2. The SMILES string of the molecule is CC(C)C[C@H](NC(=O)OCC1CCC(F)(F)CC1)C(=O)N[C@@H](C[C@@H]1CCNC1=O)C(O)S(=O)(=O)O. The Balaban J connectivity index is 2.01. The molecule has 1 saturated carbocycles. The van der Waals surface area contributed by atoms with Crippen LogP contribution in [0.15, 0.2) is 0 Å². The Morgan fingerprint density at radius 3 is 2.34 bits per heavy atom. The van der Waals surface area contributed by atoms with Crippen molar-refractivity contribution in [1.82, 2.24) is 16.0 Å². The van der Waals surface area contributed by atoms with Gasteiger partial charge >= 0.3 is 6.09 Å². The molecule has 0 aromatic heterocycles. The lowest BCUT2D eigenvalue weighted by Gasteiger charge is -2.29. The van der Waals surface area contributed by atoms with E-state index < -0.39 is 51.5 Å². The van der Waals surface area contributed by atoms with E-state index >= 15 is 0 Å². The van der Waals surface area contributed by atoms with E-state index in [1.54, 1.807) is 13.8 Å². The van der Waals surface area contributed by atoms with E-state index in [0.29, 0.717) is 13.0 Å². The van der Waals surface area contributed by atoms with E-state index in [2.05, 4.69) is 16.0 Å². The number of carbonyl (C=O) groups excluding carboxylic acids is 3. The number of amides is 3. The zero-order chi connectivity index (χ0) is 26.4. The van der Waals surface area contributed by atoms with Crippen molar-refractivity contribution in [2.45, 2.75) is 82.2 Å². The monoisotopic (exact) mass is 527 g/mol. The fourth-order valence-corrected chi connectivity index (χ4v) is 4.86. The van der Waals surface area contributed by atoms with Gasteiger partial charge in [-0.05, 0) is 43.9 Å². The maximum absolute atomic E-state index is 13.3. The van der Waals surface area contributed by atoms with Crippen molar-refractivity contribution in [1.29, 1.82) is 0 Å². The molecule has 4 atom stereocenters. The number of aliphatic hydroxyl groups excluding tert-OH is 1. The van der Waals surface area contributed by atoms with Crippen molar-refractivity contribution < 1.29 is 46.0 Å². The third-order valence-electron chi connectivity index (χ3n) is 6.28. The Hall–Kier alpha value is -2.06. The summed E-state index contributed by atoms with van der Waals surface area (Å²) in [6.45, 7) is 3.83. The molecule has 0 spiro atoms. The van der Waals surface area contributed by atoms with Crippen LogP contribution in [0.4, 0.5) is 13.6 Å². The molecular weight excluding hydrogens is 492 g/mol. The maximum atomic E-state index is 13.3. The highest BCUT2D eigenvalue weighted by atomic mass is 32.2. The predicted molar refractivity (Wildman–Crippen MR) is 120 cm³/mol. The van der Waals surface area contributed by atoms with Crippen molar-refractivity contribution in [3.05, 3.63) is 0 Å². The first-order valence-electron chi connectivity index (χ1n) is 11.7. The molecule has 1 aliphatic carbocycles.